The summed E-state index contributed by atoms with van der Waals surface area (Å²) in [6, 6.07) is 10.6. The fourth-order valence-electron chi connectivity index (χ4n) is 2.77. The SMILES string of the molecule is CC(C)(CNCc1ccccc1)COC1CCCCC1. The molecule has 1 aliphatic rings. The van der Waals surface area contributed by atoms with Crippen molar-refractivity contribution < 1.29 is 4.74 Å². The van der Waals surface area contributed by atoms with Crippen molar-refractivity contribution >= 4 is 0 Å². The number of nitrogens with one attached hydrogen (secondary N) is 1. The molecular formula is C18H29NO. The molecule has 1 saturated carbocycles. The zero-order valence-electron chi connectivity index (χ0n) is 13.0. The first-order valence-corrected chi connectivity index (χ1v) is 8.02. The number of hydrogen-bond acceptors (Lipinski definition) is 2. The summed E-state index contributed by atoms with van der Waals surface area (Å²) in [5.41, 5.74) is 1.54. The fourth-order valence-corrected chi connectivity index (χ4v) is 2.77. The van der Waals surface area contributed by atoms with E-state index >= 15 is 0 Å². The standard InChI is InChI=1S/C18H29NO/c1-18(2,15-20-17-11-7-4-8-12-17)14-19-13-16-9-5-3-6-10-16/h3,5-6,9-10,17,19H,4,7-8,11-15H2,1-2H3. The third-order valence-corrected chi connectivity index (χ3v) is 4.04. The van der Waals surface area contributed by atoms with Crippen molar-refractivity contribution in [3.05, 3.63) is 35.9 Å². The molecule has 1 N–H and O–H groups in total. The summed E-state index contributed by atoms with van der Waals surface area (Å²) in [5, 5.41) is 3.55. The third-order valence-electron chi connectivity index (χ3n) is 4.04. The minimum atomic E-state index is 0.201. The van der Waals surface area contributed by atoms with Gasteiger partial charge in [-0.2, -0.15) is 0 Å². The Balaban J connectivity index is 1.65. The Hall–Kier alpha value is -0.860. The molecule has 1 aromatic carbocycles. The Kier molecular flexibility index (Phi) is 6.06. The van der Waals surface area contributed by atoms with Crippen LogP contribution in [0.1, 0.15) is 51.5 Å². The molecule has 1 fully saturated rings. The van der Waals surface area contributed by atoms with E-state index in [2.05, 4.69) is 49.5 Å². The van der Waals surface area contributed by atoms with Crippen molar-refractivity contribution in [3.8, 4) is 0 Å². The molecule has 0 bridgehead atoms. The topological polar surface area (TPSA) is 21.3 Å². The van der Waals surface area contributed by atoms with E-state index in [1.165, 1.54) is 37.7 Å². The van der Waals surface area contributed by atoms with Gasteiger partial charge in [0.05, 0.1) is 12.7 Å². The lowest BCUT2D eigenvalue weighted by molar-refractivity contribution is -0.0145. The molecular weight excluding hydrogens is 246 g/mol. The van der Waals surface area contributed by atoms with Crippen LogP contribution in [0.5, 0.6) is 0 Å². The van der Waals surface area contributed by atoms with Crippen molar-refractivity contribution in [2.45, 2.75) is 58.6 Å². The van der Waals surface area contributed by atoms with Crippen LogP contribution >= 0.6 is 0 Å². The van der Waals surface area contributed by atoms with Crippen LogP contribution in [-0.4, -0.2) is 19.3 Å². The Morgan fingerprint density at radius 3 is 2.50 bits per heavy atom. The third kappa shape index (κ3) is 5.64. The zero-order valence-corrected chi connectivity index (χ0v) is 13.0. The van der Waals surface area contributed by atoms with Crippen molar-refractivity contribution in [2.24, 2.45) is 5.41 Å². The summed E-state index contributed by atoms with van der Waals surface area (Å²) < 4.78 is 6.11. The molecule has 1 aromatic rings. The highest BCUT2D eigenvalue weighted by Crippen LogP contribution is 2.23. The summed E-state index contributed by atoms with van der Waals surface area (Å²) in [6.45, 7) is 7.36. The van der Waals surface area contributed by atoms with Crippen molar-refractivity contribution in [3.63, 3.8) is 0 Å². The van der Waals surface area contributed by atoms with Gasteiger partial charge in [-0.15, -0.1) is 0 Å². The van der Waals surface area contributed by atoms with E-state index < -0.39 is 0 Å². The minimum Gasteiger partial charge on any atom is -0.378 e. The molecule has 0 unspecified atom stereocenters. The van der Waals surface area contributed by atoms with Gasteiger partial charge in [0.2, 0.25) is 0 Å². The molecule has 2 rings (SSSR count). The van der Waals surface area contributed by atoms with E-state index in [9.17, 15) is 0 Å². The van der Waals surface area contributed by atoms with Gasteiger partial charge in [-0.3, -0.25) is 0 Å². The average Bonchev–Trinajstić information content (AvgIpc) is 2.47. The normalized spacial score (nSPS) is 17.3. The van der Waals surface area contributed by atoms with Crippen LogP contribution in [0.15, 0.2) is 30.3 Å². The Labute approximate surface area is 123 Å². The molecule has 2 heteroatoms. The smallest absolute Gasteiger partial charge is 0.0575 e. The molecule has 0 heterocycles. The second-order valence-corrected chi connectivity index (χ2v) is 6.82. The van der Waals surface area contributed by atoms with Gasteiger partial charge in [-0.1, -0.05) is 63.4 Å². The number of hydrogen-bond donors (Lipinski definition) is 1. The number of rotatable bonds is 7. The highest BCUT2D eigenvalue weighted by molar-refractivity contribution is 5.14. The van der Waals surface area contributed by atoms with Crippen molar-refractivity contribution in [1.29, 1.82) is 0 Å². The van der Waals surface area contributed by atoms with E-state index in [-0.39, 0.29) is 5.41 Å². The molecule has 0 saturated heterocycles. The molecule has 0 amide bonds. The quantitative estimate of drug-likeness (QED) is 0.807. The summed E-state index contributed by atoms with van der Waals surface area (Å²) in [7, 11) is 0. The first kappa shape index (κ1) is 15.5. The van der Waals surface area contributed by atoms with Gasteiger partial charge in [0.25, 0.3) is 0 Å². The summed E-state index contributed by atoms with van der Waals surface area (Å²) in [4.78, 5) is 0. The second-order valence-electron chi connectivity index (χ2n) is 6.82. The Morgan fingerprint density at radius 1 is 1.10 bits per heavy atom. The van der Waals surface area contributed by atoms with Gasteiger partial charge in [0.1, 0.15) is 0 Å². The molecule has 20 heavy (non-hydrogen) atoms. The van der Waals surface area contributed by atoms with Gasteiger partial charge in [-0.05, 0) is 18.4 Å². The first-order chi connectivity index (χ1) is 9.66. The molecule has 0 radical (unpaired) electrons. The van der Waals surface area contributed by atoms with E-state index in [0.717, 1.165) is 19.7 Å². The predicted molar refractivity (Wildman–Crippen MR) is 84.8 cm³/mol. The van der Waals surface area contributed by atoms with E-state index in [4.69, 9.17) is 4.74 Å². The van der Waals surface area contributed by atoms with Crippen LogP contribution in [-0.2, 0) is 11.3 Å². The molecule has 0 aliphatic heterocycles. The van der Waals surface area contributed by atoms with E-state index in [0.29, 0.717) is 6.10 Å². The molecule has 2 nitrogen and oxygen atoms in total. The number of benzene rings is 1. The average molecular weight is 275 g/mol. The van der Waals surface area contributed by atoms with Crippen LogP contribution in [0.4, 0.5) is 0 Å². The zero-order chi connectivity index (χ0) is 14.3. The maximum absolute atomic E-state index is 6.11. The summed E-state index contributed by atoms with van der Waals surface area (Å²) >= 11 is 0. The van der Waals surface area contributed by atoms with Crippen molar-refractivity contribution in [1.82, 2.24) is 5.32 Å². The number of ether oxygens (including phenoxy) is 1. The first-order valence-electron chi connectivity index (χ1n) is 8.02. The highest BCUT2D eigenvalue weighted by Gasteiger charge is 2.21. The van der Waals surface area contributed by atoms with Crippen LogP contribution < -0.4 is 5.32 Å². The summed E-state index contributed by atoms with van der Waals surface area (Å²) in [5.74, 6) is 0. The molecule has 0 atom stereocenters. The minimum absolute atomic E-state index is 0.201. The van der Waals surface area contributed by atoms with Gasteiger partial charge in [-0.25, -0.2) is 0 Å². The van der Waals surface area contributed by atoms with Gasteiger partial charge >= 0.3 is 0 Å². The highest BCUT2D eigenvalue weighted by atomic mass is 16.5. The lowest BCUT2D eigenvalue weighted by atomic mass is 9.93. The lowest BCUT2D eigenvalue weighted by Crippen LogP contribution is -2.34. The van der Waals surface area contributed by atoms with Gasteiger partial charge in [0, 0.05) is 18.5 Å². The van der Waals surface area contributed by atoms with Crippen LogP contribution in [0, 0.1) is 5.41 Å². The molecule has 1 aliphatic carbocycles. The molecule has 112 valence electrons. The van der Waals surface area contributed by atoms with Crippen LogP contribution in [0.2, 0.25) is 0 Å². The summed E-state index contributed by atoms with van der Waals surface area (Å²) in [6.07, 6.45) is 7.11. The largest absolute Gasteiger partial charge is 0.378 e. The van der Waals surface area contributed by atoms with Crippen LogP contribution in [0.3, 0.4) is 0 Å². The van der Waals surface area contributed by atoms with E-state index in [1.54, 1.807) is 0 Å². The van der Waals surface area contributed by atoms with Crippen molar-refractivity contribution in [2.75, 3.05) is 13.2 Å². The monoisotopic (exact) mass is 275 g/mol. The maximum atomic E-state index is 6.11. The molecule has 0 aromatic heterocycles. The van der Waals surface area contributed by atoms with Crippen LogP contribution in [0.25, 0.3) is 0 Å². The fraction of sp³-hybridized carbons (Fsp3) is 0.667. The van der Waals surface area contributed by atoms with Gasteiger partial charge in [0.15, 0.2) is 0 Å². The van der Waals surface area contributed by atoms with E-state index in [1.807, 2.05) is 0 Å². The molecule has 0 spiro atoms. The lowest BCUT2D eigenvalue weighted by Gasteiger charge is -2.29. The Bertz CT molecular complexity index is 368. The Morgan fingerprint density at radius 2 is 1.80 bits per heavy atom. The second kappa shape index (κ2) is 7.80. The maximum Gasteiger partial charge on any atom is 0.0575 e. The van der Waals surface area contributed by atoms with Gasteiger partial charge < -0.3 is 10.1 Å². The predicted octanol–water partition coefficient (Wildman–Crippen LogP) is 4.15.